The number of nitrogens with one attached hydrogen (secondary N) is 3. The van der Waals surface area contributed by atoms with Gasteiger partial charge in [0.2, 0.25) is 0 Å². The number of aliphatic hydroxyl groups excluding tert-OH is 2. The average molecular weight is 991 g/mol. The summed E-state index contributed by atoms with van der Waals surface area (Å²) in [7, 11) is 1.20. The number of nitrogens with two attached hydrogens (primary N) is 1. The number of carbonyl (C=O) groups is 4. The van der Waals surface area contributed by atoms with Gasteiger partial charge in [0.15, 0.2) is 6.04 Å². The molecular weight excluding hydrogens is 921 g/mol. The number of methoxy groups -OCH3 is 1. The Hall–Kier alpha value is -7.00. The molecule has 0 aliphatic carbocycles. The van der Waals surface area contributed by atoms with Crippen LogP contribution in [0.5, 0.6) is 0 Å². The highest BCUT2D eigenvalue weighted by molar-refractivity contribution is 5.98. The fourth-order valence-electron chi connectivity index (χ4n) is 6.87. The second kappa shape index (κ2) is 33.6. The molecule has 6 rings (SSSR count). The van der Waals surface area contributed by atoms with E-state index in [0.29, 0.717) is 11.1 Å². The fourth-order valence-corrected chi connectivity index (χ4v) is 6.87. The van der Waals surface area contributed by atoms with Gasteiger partial charge < -0.3 is 40.3 Å². The van der Waals surface area contributed by atoms with Crippen molar-refractivity contribution in [2.75, 3.05) is 59.7 Å². The van der Waals surface area contributed by atoms with Crippen LogP contribution in [0.15, 0.2) is 109 Å². The number of allylic oxidation sites excluding steroid dienone is 2. The van der Waals surface area contributed by atoms with Crippen LogP contribution in [0.4, 0.5) is 0 Å². The molecule has 4 atom stereocenters. The van der Waals surface area contributed by atoms with Gasteiger partial charge >= 0.3 is 5.97 Å². The third-order valence-electron chi connectivity index (χ3n) is 10.8. The van der Waals surface area contributed by atoms with Crippen LogP contribution in [0.1, 0.15) is 82.8 Å². The largest absolute Gasteiger partial charge is 0.467 e. The molecule has 72 heavy (non-hydrogen) atoms. The van der Waals surface area contributed by atoms with Crippen LogP contribution in [0.3, 0.4) is 0 Å². The molecule has 4 aromatic rings. The minimum Gasteiger partial charge on any atom is -0.467 e. The second-order valence-electron chi connectivity index (χ2n) is 16.0. The monoisotopic (exact) mass is 991 g/mol. The van der Waals surface area contributed by atoms with E-state index in [2.05, 4.69) is 79.0 Å². The average Bonchev–Trinajstić information content (AvgIpc) is 3.39. The third kappa shape index (κ3) is 21.2. The first-order chi connectivity index (χ1) is 33.9. The Bertz CT molecular complexity index is 2270. The number of morpholine rings is 2. The minimum absolute atomic E-state index is 0. The summed E-state index contributed by atoms with van der Waals surface area (Å²) in [5.41, 5.74) is 8.25. The molecule has 2 aliphatic heterocycles. The van der Waals surface area contributed by atoms with Gasteiger partial charge in [0, 0.05) is 61.5 Å². The van der Waals surface area contributed by atoms with Crippen molar-refractivity contribution >= 4 is 35.8 Å². The molecule has 17 heteroatoms. The Kier molecular flexibility index (Phi) is 28.5. The lowest BCUT2D eigenvalue weighted by molar-refractivity contribution is -0.145. The Morgan fingerprint density at radius 3 is 1.32 bits per heavy atom. The number of amides is 3. The highest BCUT2D eigenvalue weighted by Crippen LogP contribution is 2.12. The molecule has 0 spiro atoms. The number of carbonyl (C=O) groups excluding carboxylic acids is 4. The predicted molar refractivity (Wildman–Crippen MR) is 277 cm³/mol. The van der Waals surface area contributed by atoms with Crippen molar-refractivity contribution in [3.05, 3.63) is 154 Å². The van der Waals surface area contributed by atoms with Gasteiger partial charge in [-0.3, -0.25) is 29.4 Å². The number of ether oxygens (including phenoxy) is 3. The Balaban J connectivity index is 0.000000465. The van der Waals surface area contributed by atoms with E-state index in [4.69, 9.17) is 19.9 Å². The van der Waals surface area contributed by atoms with E-state index in [9.17, 15) is 29.4 Å². The molecule has 2 saturated heterocycles. The highest BCUT2D eigenvalue weighted by Gasteiger charge is 2.27. The lowest BCUT2D eigenvalue weighted by Crippen LogP contribution is -2.51. The summed E-state index contributed by atoms with van der Waals surface area (Å²) in [5.74, 6) is 13.2. The summed E-state index contributed by atoms with van der Waals surface area (Å²) >= 11 is 0. The first kappa shape index (κ1) is 61.1. The molecule has 0 unspecified atom stereocenters. The molecule has 0 bridgehead atoms. The van der Waals surface area contributed by atoms with Gasteiger partial charge in [-0.2, -0.15) is 0 Å². The van der Waals surface area contributed by atoms with Crippen molar-refractivity contribution in [3.63, 3.8) is 0 Å². The smallest absolute Gasteiger partial charge is 0.331 e. The van der Waals surface area contributed by atoms with E-state index in [1.54, 1.807) is 60.7 Å². The molecule has 9 N–H and O–H groups in total. The van der Waals surface area contributed by atoms with E-state index < -0.39 is 48.0 Å². The molecule has 17 nitrogen and oxygen atoms in total. The quantitative estimate of drug-likeness (QED) is 0.0378. The highest BCUT2D eigenvalue weighted by atomic mass is 16.5. The molecular formula is C55H70N6O11. The summed E-state index contributed by atoms with van der Waals surface area (Å²) in [6.45, 7) is 11.6. The lowest BCUT2D eigenvalue weighted by atomic mass is 10.1. The number of hydroxylamine groups is 1. The Morgan fingerprint density at radius 2 is 0.986 bits per heavy atom. The SMILES string of the molecule is C.C.COC(=O)[C@@H](NC(=O)c1ccc(/C=C/C#Cc2ccc(CN3CCOCC3)cc2)cc1)[C@@H](C)O.C[C@@H](O)[C@H](NC(=O)c1ccc(/C=C/C#Cc2ccc(CN3CCOCC3)cc2)cc1)C(=O)NO.NO. The standard InChI is InChI=1S/C27H30N2O5.C26H29N3O5.2CH4.H3NO/c1-20(30)25(27(32)33-2)28-26(31)24-13-11-22(12-14-24)6-4-3-5-21-7-9-23(10-8-21)19-29-15-17-34-18-16-29;1-19(30)24(26(32)28-33)27-25(31)23-12-10-21(11-13-23)5-3-2-4-20-6-8-22(9-7-20)18-29-14-16-34-17-15-29;;;1-2/h4,6-14,20,25,30H,15-19H2,1-2H3,(H,28,31);3,5-13,19,24,30,33H,14-18H2,1H3,(H,27,31)(H,28,32);2*1H4;2H,1H2/b6-4+;5-3+;;;/t20-,25+;19-,24+;;;/m11.../s1. The summed E-state index contributed by atoms with van der Waals surface area (Å²) in [6.07, 6.45) is 4.95. The Morgan fingerprint density at radius 1 is 0.625 bits per heavy atom. The maximum Gasteiger partial charge on any atom is 0.331 e. The van der Waals surface area contributed by atoms with Crippen molar-refractivity contribution in [1.29, 1.82) is 0 Å². The third-order valence-corrected chi connectivity index (χ3v) is 10.8. The van der Waals surface area contributed by atoms with Crippen LogP contribution < -0.4 is 22.0 Å². The van der Waals surface area contributed by atoms with Crippen molar-refractivity contribution in [1.82, 2.24) is 25.9 Å². The molecule has 386 valence electrons. The minimum atomic E-state index is -1.26. The van der Waals surface area contributed by atoms with Crippen molar-refractivity contribution in [2.45, 2.75) is 66.1 Å². The van der Waals surface area contributed by atoms with E-state index in [0.717, 1.165) is 87.9 Å². The van der Waals surface area contributed by atoms with Crippen molar-refractivity contribution in [2.24, 2.45) is 5.90 Å². The van der Waals surface area contributed by atoms with Crippen LogP contribution in [0.25, 0.3) is 12.2 Å². The fraction of sp³-hybridized carbons (Fsp3) is 0.345. The van der Waals surface area contributed by atoms with Crippen LogP contribution in [-0.4, -0.2) is 138 Å². The van der Waals surface area contributed by atoms with Crippen molar-refractivity contribution < 1.29 is 54.0 Å². The predicted octanol–water partition coefficient (Wildman–Crippen LogP) is 4.41. The number of hydrogen-bond donors (Lipinski definition) is 8. The zero-order valence-corrected chi connectivity index (χ0v) is 39.5. The van der Waals surface area contributed by atoms with Crippen LogP contribution in [-0.2, 0) is 36.9 Å². The zero-order valence-electron chi connectivity index (χ0n) is 39.5. The number of aliphatic hydroxyl groups is 2. The maximum atomic E-state index is 12.4. The summed E-state index contributed by atoms with van der Waals surface area (Å²) in [5, 5.41) is 39.4. The van der Waals surface area contributed by atoms with Gasteiger partial charge in [0.25, 0.3) is 17.7 Å². The van der Waals surface area contributed by atoms with E-state index in [-0.39, 0.29) is 14.9 Å². The second-order valence-corrected chi connectivity index (χ2v) is 16.0. The molecule has 2 fully saturated rings. The van der Waals surface area contributed by atoms with Gasteiger partial charge in [0.1, 0.15) is 6.04 Å². The van der Waals surface area contributed by atoms with Crippen LogP contribution >= 0.6 is 0 Å². The molecule has 3 amide bonds. The number of hydrogen-bond acceptors (Lipinski definition) is 14. The normalized spacial score (nSPS) is 14.9. The Labute approximate surface area is 423 Å². The van der Waals surface area contributed by atoms with Crippen molar-refractivity contribution in [3.8, 4) is 23.7 Å². The van der Waals surface area contributed by atoms with Gasteiger partial charge in [-0.1, -0.05) is 87.1 Å². The summed E-state index contributed by atoms with van der Waals surface area (Å²) in [6, 6.07) is 27.7. The van der Waals surface area contributed by atoms with Crippen LogP contribution in [0.2, 0.25) is 0 Å². The van der Waals surface area contributed by atoms with E-state index in [1.165, 1.54) is 37.6 Å². The van der Waals surface area contributed by atoms with E-state index >= 15 is 0 Å². The molecule has 0 saturated carbocycles. The molecule has 0 radical (unpaired) electrons. The molecule has 4 aromatic carbocycles. The first-order valence-corrected chi connectivity index (χ1v) is 22.5. The lowest BCUT2D eigenvalue weighted by Gasteiger charge is -2.26. The first-order valence-electron chi connectivity index (χ1n) is 22.5. The van der Waals surface area contributed by atoms with Crippen LogP contribution in [0, 0.1) is 23.7 Å². The zero-order chi connectivity index (χ0) is 50.7. The van der Waals surface area contributed by atoms with E-state index in [1.807, 2.05) is 36.4 Å². The van der Waals surface area contributed by atoms with Gasteiger partial charge in [0.05, 0.1) is 45.7 Å². The van der Waals surface area contributed by atoms with Gasteiger partial charge in [-0.15, -0.1) is 0 Å². The van der Waals surface area contributed by atoms with Gasteiger partial charge in [-0.05, 0) is 109 Å². The number of nitrogens with zero attached hydrogens (tertiary/aromatic N) is 2. The summed E-state index contributed by atoms with van der Waals surface area (Å²) < 4.78 is 15.4. The number of esters is 1. The number of benzene rings is 4. The summed E-state index contributed by atoms with van der Waals surface area (Å²) in [4.78, 5) is 52.7. The maximum absolute atomic E-state index is 12.4. The number of rotatable bonds is 14. The molecule has 0 aromatic heterocycles. The topological polar surface area (TPSA) is 245 Å². The molecule has 2 heterocycles. The van der Waals surface area contributed by atoms with Gasteiger partial charge in [-0.25, -0.2) is 16.2 Å². The molecule has 2 aliphatic rings.